The molecule has 1 rings (SSSR count). The molecule has 1 aromatic carbocycles. The first-order chi connectivity index (χ1) is 8.10. The van der Waals surface area contributed by atoms with E-state index in [4.69, 9.17) is 5.21 Å². The van der Waals surface area contributed by atoms with Crippen molar-refractivity contribution in [3.05, 3.63) is 45.5 Å². The lowest BCUT2D eigenvalue weighted by molar-refractivity contribution is -0.385. The van der Waals surface area contributed by atoms with Crippen molar-refractivity contribution in [3.63, 3.8) is 0 Å². The predicted molar refractivity (Wildman–Crippen MR) is 62.0 cm³/mol. The number of allylic oxidation sites excluding steroid dienone is 1. The molecule has 0 fully saturated rings. The molecule has 0 unspecified atom stereocenters. The van der Waals surface area contributed by atoms with Crippen molar-refractivity contribution in [1.82, 2.24) is 0 Å². The normalized spacial score (nSPS) is 12.3. The van der Waals surface area contributed by atoms with E-state index >= 15 is 0 Å². The summed E-state index contributed by atoms with van der Waals surface area (Å²) in [6, 6.07) is 5.99. The van der Waals surface area contributed by atoms with Crippen molar-refractivity contribution in [2.75, 3.05) is 0 Å². The molecule has 1 N–H and O–H groups in total. The monoisotopic (exact) mass is 234 g/mol. The Labute approximate surface area is 97.0 Å². The zero-order valence-electron chi connectivity index (χ0n) is 9.03. The summed E-state index contributed by atoms with van der Waals surface area (Å²) < 4.78 is 0. The quantitative estimate of drug-likeness (QED) is 0.215. The van der Waals surface area contributed by atoms with Gasteiger partial charge in [-0.25, -0.2) is 0 Å². The standard InChI is InChI=1S/C11H10N2O4/c1-8(12-15)10(7-14)6-9-4-2-3-5-11(9)13(16)17/h2-7,15H,1H3/b10-6+,12-8+. The summed E-state index contributed by atoms with van der Waals surface area (Å²) in [5, 5.41) is 22.2. The number of hydrogen-bond donors (Lipinski definition) is 1. The molecule has 17 heavy (non-hydrogen) atoms. The van der Waals surface area contributed by atoms with Crippen LogP contribution < -0.4 is 0 Å². The maximum atomic E-state index is 10.8. The summed E-state index contributed by atoms with van der Waals surface area (Å²) in [6.07, 6.45) is 1.78. The van der Waals surface area contributed by atoms with Gasteiger partial charge >= 0.3 is 0 Å². The molecule has 0 aliphatic heterocycles. The van der Waals surface area contributed by atoms with Gasteiger partial charge in [0.2, 0.25) is 0 Å². The van der Waals surface area contributed by atoms with Crippen LogP contribution in [0.1, 0.15) is 12.5 Å². The van der Waals surface area contributed by atoms with Crippen LogP contribution in [0.4, 0.5) is 5.69 Å². The van der Waals surface area contributed by atoms with Gasteiger partial charge in [0.05, 0.1) is 16.2 Å². The smallest absolute Gasteiger partial charge is 0.276 e. The summed E-state index contributed by atoms with van der Waals surface area (Å²) in [7, 11) is 0. The van der Waals surface area contributed by atoms with Gasteiger partial charge in [0.25, 0.3) is 5.69 Å². The first-order valence-corrected chi connectivity index (χ1v) is 4.69. The van der Waals surface area contributed by atoms with Crippen molar-refractivity contribution in [1.29, 1.82) is 0 Å². The molecule has 1 aromatic rings. The lowest BCUT2D eigenvalue weighted by Crippen LogP contribution is -1.99. The average Bonchev–Trinajstić information content (AvgIpc) is 2.35. The molecule has 0 saturated heterocycles. The predicted octanol–water partition coefficient (Wildman–Crippen LogP) is 2.03. The van der Waals surface area contributed by atoms with E-state index in [2.05, 4.69) is 5.16 Å². The van der Waals surface area contributed by atoms with E-state index in [9.17, 15) is 14.9 Å². The van der Waals surface area contributed by atoms with Gasteiger partial charge in [-0.05, 0) is 19.1 Å². The van der Waals surface area contributed by atoms with Crippen molar-refractivity contribution in [2.45, 2.75) is 6.92 Å². The first-order valence-electron chi connectivity index (χ1n) is 4.69. The first kappa shape index (κ1) is 12.6. The van der Waals surface area contributed by atoms with Gasteiger partial charge in [0.1, 0.15) is 0 Å². The molecule has 6 nitrogen and oxygen atoms in total. The highest BCUT2D eigenvalue weighted by Crippen LogP contribution is 2.20. The minimum absolute atomic E-state index is 0.0850. The van der Waals surface area contributed by atoms with Crippen LogP contribution in [0.5, 0.6) is 0 Å². The van der Waals surface area contributed by atoms with Crippen LogP contribution in [-0.4, -0.2) is 22.1 Å². The maximum absolute atomic E-state index is 10.8. The number of para-hydroxylation sites is 1. The van der Waals surface area contributed by atoms with Crippen LogP contribution in [0.15, 0.2) is 35.0 Å². The van der Waals surface area contributed by atoms with Gasteiger partial charge in [0.15, 0.2) is 6.29 Å². The number of rotatable bonds is 4. The highest BCUT2D eigenvalue weighted by Gasteiger charge is 2.11. The summed E-state index contributed by atoms with van der Waals surface area (Å²) in [5.41, 5.74) is 0.347. The number of nitro groups is 1. The van der Waals surface area contributed by atoms with Crippen LogP contribution in [0.2, 0.25) is 0 Å². The van der Waals surface area contributed by atoms with Gasteiger partial charge in [-0.1, -0.05) is 17.3 Å². The van der Waals surface area contributed by atoms with E-state index in [1.165, 1.54) is 31.2 Å². The van der Waals surface area contributed by atoms with Gasteiger partial charge < -0.3 is 5.21 Å². The number of carbonyl (C=O) groups excluding carboxylic acids is 1. The Morgan fingerprint density at radius 2 is 2.12 bits per heavy atom. The molecule has 0 spiro atoms. The van der Waals surface area contributed by atoms with E-state index in [-0.39, 0.29) is 22.5 Å². The number of nitrogens with zero attached hydrogens (tertiary/aromatic N) is 2. The molecule has 0 amide bonds. The highest BCUT2D eigenvalue weighted by atomic mass is 16.6. The molecular formula is C11H10N2O4. The van der Waals surface area contributed by atoms with E-state index in [0.717, 1.165) is 0 Å². The van der Waals surface area contributed by atoms with Crippen LogP contribution in [0.3, 0.4) is 0 Å². The van der Waals surface area contributed by atoms with Crippen LogP contribution in [-0.2, 0) is 4.79 Å². The molecule has 6 heteroatoms. The van der Waals surface area contributed by atoms with E-state index in [0.29, 0.717) is 6.29 Å². The van der Waals surface area contributed by atoms with Gasteiger partial charge in [-0.3, -0.25) is 14.9 Å². The highest BCUT2D eigenvalue weighted by molar-refractivity contribution is 6.17. The second-order valence-electron chi connectivity index (χ2n) is 3.22. The average molecular weight is 234 g/mol. The molecule has 88 valence electrons. The zero-order valence-corrected chi connectivity index (χ0v) is 9.03. The van der Waals surface area contributed by atoms with Crippen molar-refractivity contribution < 1.29 is 14.9 Å². The Morgan fingerprint density at radius 3 is 2.65 bits per heavy atom. The SMILES string of the molecule is CC(=N\O)/C(C=O)=C/c1ccccc1[N+](=O)[O-]. The van der Waals surface area contributed by atoms with Crippen molar-refractivity contribution in [2.24, 2.45) is 5.16 Å². The lowest BCUT2D eigenvalue weighted by atomic mass is 10.1. The van der Waals surface area contributed by atoms with Crippen LogP contribution in [0, 0.1) is 10.1 Å². The minimum atomic E-state index is -0.542. The zero-order chi connectivity index (χ0) is 12.8. The van der Waals surface area contributed by atoms with Crippen molar-refractivity contribution in [3.8, 4) is 0 Å². The fraction of sp³-hybridized carbons (Fsp3) is 0.0909. The maximum Gasteiger partial charge on any atom is 0.276 e. The molecule has 0 aromatic heterocycles. The summed E-state index contributed by atoms with van der Waals surface area (Å²) in [6.45, 7) is 1.43. The fourth-order valence-electron chi connectivity index (χ4n) is 1.22. The molecule has 0 radical (unpaired) electrons. The topological polar surface area (TPSA) is 92.8 Å². The number of hydrogen-bond acceptors (Lipinski definition) is 5. The third-order valence-corrected chi connectivity index (χ3v) is 2.14. The summed E-state index contributed by atoms with van der Waals surface area (Å²) >= 11 is 0. The number of nitro benzene ring substituents is 1. The van der Waals surface area contributed by atoms with Gasteiger partial charge in [-0.15, -0.1) is 0 Å². The molecule has 0 atom stereocenters. The Hall–Kier alpha value is -2.50. The molecule has 0 heterocycles. The minimum Gasteiger partial charge on any atom is -0.411 e. The second-order valence-corrected chi connectivity index (χ2v) is 3.22. The Kier molecular flexibility index (Phi) is 4.10. The van der Waals surface area contributed by atoms with Gasteiger partial charge in [0, 0.05) is 11.6 Å². The molecule has 0 saturated carbocycles. The Morgan fingerprint density at radius 1 is 1.47 bits per heavy atom. The Balaban J connectivity index is 3.30. The molecule has 0 aliphatic carbocycles. The van der Waals surface area contributed by atoms with E-state index in [1.807, 2.05) is 0 Å². The summed E-state index contributed by atoms with van der Waals surface area (Å²) in [4.78, 5) is 21.0. The number of aldehydes is 1. The largest absolute Gasteiger partial charge is 0.411 e. The number of carbonyl (C=O) groups is 1. The summed E-state index contributed by atoms with van der Waals surface area (Å²) in [5.74, 6) is 0. The number of benzene rings is 1. The van der Waals surface area contributed by atoms with Gasteiger partial charge in [-0.2, -0.15) is 0 Å². The third kappa shape index (κ3) is 2.97. The molecule has 0 aliphatic rings. The third-order valence-electron chi connectivity index (χ3n) is 2.14. The van der Waals surface area contributed by atoms with E-state index in [1.54, 1.807) is 6.07 Å². The fourth-order valence-corrected chi connectivity index (χ4v) is 1.22. The lowest BCUT2D eigenvalue weighted by Gasteiger charge is -1.99. The molecule has 0 bridgehead atoms. The van der Waals surface area contributed by atoms with Crippen molar-refractivity contribution >= 4 is 23.8 Å². The van der Waals surface area contributed by atoms with Crippen LogP contribution >= 0.6 is 0 Å². The Bertz CT molecular complexity index is 506. The van der Waals surface area contributed by atoms with E-state index < -0.39 is 4.92 Å². The number of oxime groups is 1. The van der Waals surface area contributed by atoms with Crippen LogP contribution in [0.25, 0.3) is 6.08 Å². The molecular weight excluding hydrogens is 224 g/mol. The second kappa shape index (κ2) is 5.55.